The highest BCUT2D eigenvalue weighted by Gasteiger charge is 2.32. The molecule has 26 heavy (non-hydrogen) atoms. The Morgan fingerprint density at radius 3 is 2.62 bits per heavy atom. The third kappa shape index (κ3) is 3.20. The second-order valence-corrected chi connectivity index (χ2v) is 7.54. The molecule has 1 unspecified atom stereocenters. The predicted octanol–water partition coefficient (Wildman–Crippen LogP) is 3.02. The summed E-state index contributed by atoms with van der Waals surface area (Å²) in [7, 11) is 0. The topological polar surface area (TPSA) is 75.4 Å². The maximum Gasteiger partial charge on any atom is 0.308 e. The van der Waals surface area contributed by atoms with Crippen LogP contribution in [0.2, 0.25) is 0 Å². The number of carboxylic acids is 1. The Balaban J connectivity index is 1.60. The summed E-state index contributed by atoms with van der Waals surface area (Å²) in [6, 6.07) is 7.97. The fourth-order valence-corrected chi connectivity index (χ4v) is 4.36. The molecule has 1 N–H and O–H groups in total. The number of para-hydroxylation sites is 2. The first-order chi connectivity index (χ1) is 12.6. The van der Waals surface area contributed by atoms with Crippen LogP contribution < -0.4 is 0 Å². The number of carbonyl (C=O) groups excluding carboxylic acids is 1. The Hall–Kier alpha value is -2.37. The molecule has 1 saturated heterocycles. The van der Waals surface area contributed by atoms with Gasteiger partial charge >= 0.3 is 5.97 Å². The average Bonchev–Trinajstić information content (AvgIpc) is 3.28. The van der Waals surface area contributed by atoms with Crippen molar-refractivity contribution in [3.05, 3.63) is 30.1 Å². The first-order valence-electron chi connectivity index (χ1n) is 9.59. The van der Waals surface area contributed by atoms with E-state index in [0.717, 1.165) is 29.7 Å². The number of amides is 1. The zero-order valence-electron chi connectivity index (χ0n) is 14.9. The number of likely N-dealkylation sites (tertiary alicyclic amines) is 1. The molecule has 0 spiro atoms. The van der Waals surface area contributed by atoms with Crippen molar-refractivity contribution in [3.63, 3.8) is 0 Å². The van der Waals surface area contributed by atoms with Gasteiger partial charge in [0.15, 0.2) is 0 Å². The Bertz CT molecular complexity index is 823. The van der Waals surface area contributed by atoms with Crippen molar-refractivity contribution in [2.45, 2.75) is 51.0 Å². The Labute approximate surface area is 152 Å². The number of aromatic nitrogens is 2. The molecule has 1 aliphatic heterocycles. The van der Waals surface area contributed by atoms with Gasteiger partial charge in [-0.1, -0.05) is 31.4 Å². The van der Waals surface area contributed by atoms with E-state index in [0.29, 0.717) is 25.4 Å². The van der Waals surface area contributed by atoms with Gasteiger partial charge in [0.25, 0.3) is 0 Å². The molecule has 6 nitrogen and oxygen atoms in total. The van der Waals surface area contributed by atoms with Crippen molar-refractivity contribution in [2.75, 3.05) is 13.1 Å². The molecule has 2 aromatic rings. The minimum atomic E-state index is -0.809. The molecule has 1 aromatic carbocycles. The van der Waals surface area contributed by atoms with Gasteiger partial charge in [0, 0.05) is 19.0 Å². The molecule has 1 amide bonds. The number of carboxylic acid groups (broad SMARTS) is 1. The summed E-state index contributed by atoms with van der Waals surface area (Å²) >= 11 is 0. The fourth-order valence-electron chi connectivity index (χ4n) is 4.36. The maximum atomic E-state index is 12.8. The van der Waals surface area contributed by atoms with E-state index in [1.807, 2.05) is 24.3 Å². The lowest BCUT2D eigenvalue weighted by molar-refractivity contribution is -0.141. The number of fused-ring (bicyclic) bond motifs is 1. The van der Waals surface area contributed by atoms with Crippen LogP contribution >= 0.6 is 0 Å². The average molecular weight is 355 g/mol. The summed E-state index contributed by atoms with van der Waals surface area (Å²) in [5.41, 5.74) is 1.93. The van der Waals surface area contributed by atoms with Crippen LogP contribution in [-0.2, 0) is 16.1 Å². The number of aliphatic carboxylic acids is 1. The molecule has 0 bridgehead atoms. The molecular formula is C20H25N3O3. The van der Waals surface area contributed by atoms with Crippen molar-refractivity contribution < 1.29 is 14.7 Å². The van der Waals surface area contributed by atoms with Gasteiger partial charge < -0.3 is 14.6 Å². The summed E-state index contributed by atoms with van der Waals surface area (Å²) in [5.74, 6) is 0.184. The number of imidazole rings is 1. The molecular weight excluding hydrogens is 330 g/mol. The normalized spacial score (nSPS) is 21.4. The van der Waals surface area contributed by atoms with E-state index in [9.17, 15) is 14.7 Å². The molecule has 138 valence electrons. The van der Waals surface area contributed by atoms with Crippen LogP contribution in [-0.4, -0.2) is 44.5 Å². The molecule has 2 fully saturated rings. The molecule has 6 heteroatoms. The van der Waals surface area contributed by atoms with Crippen molar-refractivity contribution in [1.29, 1.82) is 0 Å². The van der Waals surface area contributed by atoms with Gasteiger partial charge in [0.05, 0.1) is 17.0 Å². The molecule has 1 saturated carbocycles. The van der Waals surface area contributed by atoms with Gasteiger partial charge in [-0.2, -0.15) is 0 Å². The third-order valence-electron chi connectivity index (χ3n) is 5.84. The molecule has 0 radical (unpaired) electrons. The minimum Gasteiger partial charge on any atom is -0.481 e. The van der Waals surface area contributed by atoms with Crippen LogP contribution in [0.5, 0.6) is 0 Å². The van der Waals surface area contributed by atoms with Crippen LogP contribution in [0.25, 0.3) is 11.0 Å². The monoisotopic (exact) mass is 355 g/mol. The fraction of sp³-hybridized carbons (Fsp3) is 0.550. The van der Waals surface area contributed by atoms with E-state index in [4.69, 9.17) is 4.98 Å². The molecule has 1 atom stereocenters. The van der Waals surface area contributed by atoms with Gasteiger partial charge in [-0.15, -0.1) is 0 Å². The number of hydrogen-bond acceptors (Lipinski definition) is 3. The van der Waals surface area contributed by atoms with E-state index in [-0.39, 0.29) is 12.5 Å². The summed E-state index contributed by atoms with van der Waals surface area (Å²) in [4.78, 5) is 30.6. The van der Waals surface area contributed by atoms with Crippen LogP contribution in [0, 0.1) is 5.92 Å². The number of rotatable bonds is 4. The Morgan fingerprint density at radius 1 is 1.12 bits per heavy atom. The summed E-state index contributed by atoms with van der Waals surface area (Å²) < 4.78 is 2.07. The highest BCUT2D eigenvalue weighted by atomic mass is 16.4. The van der Waals surface area contributed by atoms with Gasteiger partial charge in [-0.05, 0) is 31.4 Å². The standard InChI is InChI=1S/C20H25N3O3/c24-18(22-11-10-15(12-22)20(25)26)13-23-17-9-5-4-8-16(17)21-19(23)14-6-2-1-3-7-14/h4-5,8-9,14-15H,1-3,6-7,10-13H2,(H,25,26). The summed E-state index contributed by atoms with van der Waals surface area (Å²) in [6.45, 7) is 1.10. The Kier molecular flexibility index (Phi) is 4.66. The summed E-state index contributed by atoms with van der Waals surface area (Å²) in [6.07, 6.45) is 6.51. The van der Waals surface area contributed by atoms with Gasteiger partial charge in [-0.3, -0.25) is 9.59 Å². The molecule has 2 heterocycles. The first kappa shape index (κ1) is 17.1. The minimum absolute atomic E-state index is 0.00559. The first-order valence-corrected chi connectivity index (χ1v) is 9.59. The zero-order valence-corrected chi connectivity index (χ0v) is 14.9. The zero-order chi connectivity index (χ0) is 18.1. The SMILES string of the molecule is O=C(O)C1CCN(C(=O)Cn2c(C3CCCCC3)nc3ccccc32)C1. The van der Waals surface area contributed by atoms with Crippen molar-refractivity contribution in [1.82, 2.24) is 14.5 Å². The number of nitrogens with zero attached hydrogens (tertiary/aromatic N) is 3. The van der Waals surface area contributed by atoms with Gasteiger partial charge in [0.1, 0.15) is 12.4 Å². The van der Waals surface area contributed by atoms with Crippen LogP contribution in [0.4, 0.5) is 0 Å². The molecule has 2 aliphatic rings. The smallest absolute Gasteiger partial charge is 0.308 e. The van der Waals surface area contributed by atoms with Crippen molar-refractivity contribution in [3.8, 4) is 0 Å². The Morgan fingerprint density at radius 2 is 1.88 bits per heavy atom. The number of hydrogen-bond donors (Lipinski definition) is 1. The molecule has 1 aromatic heterocycles. The van der Waals surface area contributed by atoms with Gasteiger partial charge in [0.2, 0.25) is 5.91 Å². The highest BCUT2D eigenvalue weighted by molar-refractivity contribution is 5.82. The van der Waals surface area contributed by atoms with Crippen LogP contribution in [0.1, 0.15) is 50.3 Å². The lowest BCUT2D eigenvalue weighted by atomic mass is 9.88. The highest BCUT2D eigenvalue weighted by Crippen LogP contribution is 2.34. The predicted molar refractivity (Wildman–Crippen MR) is 97.9 cm³/mol. The molecule has 4 rings (SSSR count). The third-order valence-corrected chi connectivity index (χ3v) is 5.84. The van der Waals surface area contributed by atoms with Crippen molar-refractivity contribution in [2.24, 2.45) is 5.92 Å². The van der Waals surface area contributed by atoms with E-state index in [1.165, 1.54) is 19.3 Å². The number of carbonyl (C=O) groups is 2. The number of benzene rings is 1. The lowest BCUT2D eigenvalue weighted by Gasteiger charge is -2.23. The van der Waals surface area contributed by atoms with Crippen LogP contribution in [0.15, 0.2) is 24.3 Å². The maximum absolute atomic E-state index is 12.8. The quantitative estimate of drug-likeness (QED) is 0.915. The van der Waals surface area contributed by atoms with E-state index >= 15 is 0 Å². The molecule has 1 aliphatic carbocycles. The largest absolute Gasteiger partial charge is 0.481 e. The second-order valence-electron chi connectivity index (χ2n) is 7.54. The van der Waals surface area contributed by atoms with E-state index in [1.54, 1.807) is 4.90 Å². The van der Waals surface area contributed by atoms with Crippen molar-refractivity contribution >= 4 is 22.9 Å². The van der Waals surface area contributed by atoms with Gasteiger partial charge in [-0.25, -0.2) is 4.98 Å². The lowest BCUT2D eigenvalue weighted by Crippen LogP contribution is -2.33. The van der Waals surface area contributed by atoms with E-state index < -0.39 is 11.9 Å². The summed E-state index contributed by atoms with van der Waals surface area (Å²) in [5, 5.41) is 9.17. The van der Waals surface area contributed by atoms with E-state index in [2.05, 4.69) is 4.57 Å². The second kappa shape index (κ2) is 7.09. The van der Waals surface area contributed by atoms with Crippen LogP contribution in [0.3, 0.4) is 0 Å².